The second-order valence-corrected chi connectivity index (χ2v) is 3.28. The van der Waals surface area contributed by atoms with Crippen LogP contribution < -0.4 is 5.32 Å². The molecule has 1 amide bonds. The Morgan fingerprint density at radius 1 is 1.40 bits per heavy atom. The van der Waals surface area contributed by atoms with Gasteiger partial charge in [-0.25, -0.2) is 4.39 Å². The molecule has 0 atom stereocenters. The molecular formula is C12H14FNO. The smallest absolute Gasteiger partial charge is 0.224 e. The number of nitrogens with one attached hydrogen (secondary N) is 1. The molecule has 0 heterocycles. The van der Waals surface area contributed by atoms with E-state index in [9.17, 15) is 9.18 Å². The van der Waals surface area contributed by atoms with E-state index in [2.05, 4.69) is 11.9 Å². The fourth-order valence-electron chi connectivity index (χ4n) is 1.18. The summed E-state index contributed by atoms with van der Waals surface area (Å²) in [7, 11) is 0. The lowest BCUT2D eigenvalue weighted by Crippen LogP contribution is -2.20. The number of amides is 1. The van der Waals surface area contributed by atoms with Gasteiger partial charge < -0.3 is 5.32 Å². The number of carbonyl (C=O) groups excluding carboxylic acids is 1. The van der Waals surface area contributed by atoms with Crippen LogP contribution in [0.1, 0.15) is 25.3 Å². The molecule has 0 saturated heterocycles. The number of hydrogen-bond acceptors (Lipinski definition) is 1. The third-order valence-electron chi connectivity index (χ3n) is 1.96. The molecule has 0 spiro atoms. The molecule has 0 saturated carbocycles. The highest BCUT2D eigenvalue weighted by molar-refractivity contribution is 5.85. The summed E-state index contributed by atoms with van der Waals surface area (Å²) >= 11 is 0. The van der Waals surface area contributed by atoms with Crippen molar-refractivity contribution in [2.75, 3.05) is 0 Å². The molecule has 1 rings (SSSR count). The summed E-state index contributed by atoms with van der Waals surface area (Å²) in [6.07, 6.45) is 1.27. The molecule has 0 aromatic heterocycles. The lowest BCUT2D eigenvalue weighted by Gasteiger charge is -2.07. The zero-order chi connectivity index (χ0) is 11.3. The number of benzene rings is 1. The second-order valence-electron chi connectivity index (χ2n) is 3.28. The van der Waals surface area contributed by atoms with Crippen LogP contribution in [0, 0.1) is 5.82 Å². The van der Waals surface area contributed by atoms with Crippen LogP contribution in [0.3, 0.4) is 0 Å². The Kier molecular flexibility index (Phi) is 4.03. The molecule has 1 aromatic rings. The zero-order valence-electron chi connectivity index (χ0n) is 8.72. The minimum atomic E-state index is -0.300. The maximum atomic E-state index is 12.6. The van der Waals surface area contributed by atoms with E-state index >= 15 is 0 Å². The largest absolute Gasteiger partial charge is 0.326 e. The molecule has 1 N–H and O–H groups in total. The summed E-state index contributed by atoms with van der Waals surface area (Å²) in [5.74, 6) is -0.363. The number of hydrogen-bond donors (Lipinski definition) is 1. The summed E-state index contributed by atoms with van der Waals surface area (Å²) in [4.78, 5) is 11.2. The highest BCUT2D eigenvalue weighted by Crippen LogP contribution is 2.10. The average Bonchev–Trinajstić information content (AvgIpc) is 2.18. The Labute approximate surface area is 88.8 Å². The van der Waals surface area contributed by atoms with Crippen molar-refractivity contribution in [1.29, 1.82) is 0 Å². The molecule has 0 unspecified atom stereocenters. The van der Waals surface area contributed by atoms with Gasteiger partial charge in [0.1, 0.15) is 5.82 Å². The van der Waals surface area contributed by atoms with Crippen molar-refractivity contribution in [2.45, 2.75) is 19.8 Å². The molecule has 0 aliphatic heterocycles. The minimum absolute atomic E-state index is 0.0631. The van der Waals surface area contributed by atoms with E-state index < -0.39 is 0 Å². The normalized spacial score (nSPS) is 9.73. The summed E-state index contributed by atoms with van der Waals surface area (Å²) < 4.78 is 12.6. The van der Waals surface area contributed by atoms with E-state index in [1.165, 1.54) is 12.1 Å². The third-order valence-corrected chi connectivity index (χ3v) is 1.96. The fourth-order valence-corrected chi connectivity index (χ4v) is 1.18. The molecule has 1 aromatic carbocycles. The van der Waals surface area contributed by atoms with Crippen LogP contribution in [0.25, 0.3) is 5.70 Å². The van der Waals surface area contributed by atoms with Gasteiger partial charge in [0.2, 0.25) is 5.91 Å². The maximum absolute atomic E-state index is 12.6. The van der Waals surface area contributed by atoms with Crippen molar-refractivity contribution < 1.29 is 9.18 Å². The SMILES string of the molecule is C=C(NC(=O)CCC)c1ccc(F)cc1. The average molecular weight is 207 g/mol. The quantitative estimate of drug-likeness (QED) is 0.808. The van der Waals surface area contributed by atoms with Crippen LogP contribution in [0.15, 0.2) is 30.8 Å². The van der Waals surface area contributed by atoms with Crippen molar-refractivity contribution in [3.8, 4) is 0 Å². The van der Waals surface area contributed by atoms with Crippen LogP contribution in [0.5, 0.6) is 0 Å². The predicted octanol–water partition coefficient (Wildman–Crippen LogP) is 2.71. The Bertz CT molecular complexity index is 356. The molecule has 0 aliphatic carbocycles. The first-order valence-electron chi connectivity index (χ1n) is 4.88. The Morgan fingerprint density at radius 3 is 2.53 bits per heavy atom. The summed E-state index contributed by atoms with van der Waals surface area (Å²) in [5.41, 5.74) is 1.23. The van der Waals surface area contributed by atoms with Crippen molar-refractivity contribution in [3.05, 3.63) is 42.2 Å². The summed E-state index contributed by atoms with van der Waals surface area (Å²) in [5, 5.41) is 2.66. The van der Waals surface area contributed by atoms with Gasteiger partial charge in [-0.15, -0.1) is 0 Å². The van der Waals surface area contributed by atoms with Crippen molar-refractivity contribution in [1.82, 2.24) is 5.32 Å². The van der Waals surface area contributed by atoms with Gasteiger partial charge in [0.15, 0.2) is 0 Å². The van der Waals surface area contributed by atoms with E-state index in [1.54, 1.807) is 12.1 Å². The van der Waals surface area contributed by atoms with Crippen molar-refractivity contribution >= 4 is 11.6 Å². The predicted molar refractivity (Wildman–Crippen MR) is 58.5 cm³/mol. The Balaban J connectivity index is 2.61. The third kappa shape index (κ3) is 3.54. The number of halogens is 1. The van der Waals surface area contributed by atoms with Gasteiger partial charge in [-0.05, 0) is 24.1 Å². The van der Waals surface area contributed by atoms with Gasteiger partial charge in [0, 0.05) is 12.1 Å². The Morgan fingerprint density at radius 2 is 2.00 bits per heavy atom. The minimum Gasteiger partial charge on any atom is -0.326 e. The first-order valence-corrected chi connectivity index (χ1v) is 4.88. The monoisotopic (exact) mass is 207 g/mol. The maximum Gasteiger partial charge on any atom is 0.224 e. The van der Waals surface area contributed by atoms with Crippen molar-refractivity contribution in [3.63, 3.8) is 0 Å². The molecule has 0 bridgehead atoms. The van der Waals surface area contributed by atoms with Crippen LogP contribution in [0.2, 0.25) is 0 Å². The molecule has 0 fully saturated rings. The van der Waals surface area contributed by atoms with Gasteiger partial charge >= 0.3 is 0 Å². The number of rotatable bonds is 4. The molecule has 0 aliphatic rings. The van der Waals surface area contributed by atoms with Gasteiger partial charge in [-0.1, -0.05) is 25.6 Å². The molecule has 80 valence electrons. The van der Waals surface area contributed by atoms with Crippen molar-refractivity contribution in [2.24, 2.45) is 0 Å². The molecule has 3 heteroatoms. The first-order chi connectivity index (χ1) is 7.13. The standard InChI is InChI=1S/C12H14FNO/c1-3-4-12(15)14-9(2)10-5-7-11(13)8-6-10/h5-8H,2-4H2,1H3,(H,14,15). The second kappa shape index (κ2) is 5.29. The van der Waals surface area contributed by atoms with Gasteiger partial charge in [-0.2, -0.15) is 0 Å². The van der Waals surface area contributed by atoms with Crippen LogP contribution in [-0.4, -0.2) is 5.91 Å². The van der Waals surface area contributed by atoms with E-state index in [1.807, 2.05) is 6.92 Å². The molecule has 0 radical (unpaired) electrons. The van der Waals surface area contributed by atoms with E-state index in [0.717, 1.165) is 12.0 Å². The molecular weight excluding hydrogens is 193 g/mol. The lowest BCUT2D eigenvalue weighted by molar-refractivity contribution is -0.119. The van der Waals surface area contributed by atoms with Crippen LogP contribution in [-0.2, 0) is 4.79 Å². The van der Waals surface area contributed by atoms with Gasteiger partial charge in [0.05, 0.1) is 0 Å². The summed E-state index contributed by atoms with van der Waals surface area (Å²) in [6.45, 7) is 5.65. The van der Waals surface area contributed by atoms with E-state index in [-0.39, 0.29) is 11.7 Å². The summed E-state index contributed by atoms with van der Waals surface area (Å²) in [6, 6.07) is 5.85. The molecule has 15 heavy (non-hydrogen) atoms. The van der Waals surface area contributed by atoms with Crippen LogP contribution >= 0.6 is 0 Å². The van der Waals surface area contributed by atoms with Gasteiger partial charge in [0.25, 0.3) is 0 Å². The Hall–Kier alpha value is -1.64. The highest BCUT2D eigenvalue weighted by Gasteiger charge is 2.03. The fraction of sp³-hybridized carbons (Fsp3) is 0.250. The topological polar surface area (TPSA) is 29.1 Å². The molecule has 2 nitrogen and oxygen atoms in total. The van der Waals surface area contributed by atoms with E-state index in [4.69, 9.17) is 0 Å². The highest BCUT2D eigenvalue weighted by atomic mass is 19.1. The zero-order valence-corrected chi connectivity index (χ0v) is 8.72. The van der Waals surface area contributed by atoms with Gasteiger partial charge in [-0.3, -0.25) is 4.79 Å². The van der Waals surface area contributed by atoms with Crippen LogP contribution in [0.4, 0.5) is 4.39 Å². The lowest BCUT2D eigenvalue weighted by atomic mass is 10.1. The van der Waals surface area contributed by atoms with E-state index in [0.29, 0.717) is 12.1 Å². The first kappa shape index (κ1) is 11.4. The number of carbonyl (C=O) groups is 1.